The van der Waals surface area contributed by atoms with Crippen LogP contribution in [0.4, 0.5) is 28.8 Å². The molecular formula is C79H92BN12O10S3. The number of anilines is 5. The van der Waals surface area contributed by atoms with Crippen LogP contribution < -0.4 is 31.3 Å². The minimum Gasteiger partial charge on any atom is -0.399 e. The molecule has 0 saturated carbocycles. The van der Waals surface area contributed by atoms with E-state index in [1.165, 1.54) is 52.5 Å². The lowest BCUT2D eigenvalue weighted by Gasteiger charge is -2.35. The third kappa shape index (κ3) is 16.7. The second-order valence-electron chi connectivity index (χ2n) is 28.1. The number of hydrogen-bond donors (Lipinski definition) is 3. The SMILES string of the molecule is CC(=O)C1COCC12OCCO2.Cc1cc(CCN2CCN(c3nsc4ccccc34)CC2)ccc1N.Cc1cc(CCN2CCN(c3nsc4ccccc34)CC2)ccc1NC(=O)C1COCC12OCCO2.O=c1[nH]c2ccc(CCN3CCN(c4nsc5ccccc45)CC3)cc2c2c1COC2.[B]. The van der Waals surface area contributed by atoms with E-state index in [4.69, 9.17) is 52.0 Å². The van der Waals surface area contributed by atoms with Crippen molar-refractivity contribution < 1.29 is 42.7 Å². The van der Waals surface area contributed by atoms with E-state index < -0.39 is 17.5 Å². The normalized spacial score (nSPS) is 20.1. The summed E-state index contributed by atoms with van der Waals surface area (Å²) >= 11 is 4.78. The number of nitrogens with zero attached hydrogens (tertiary/aromatic N) is 9. The molecule has 2 atom stereocenters. The van der Waals surface area contributed by atoms with E-state index in [2.05, 4.69) is 156 Å². The molecule has 26 heteroatoms. The molecule has 3 radical (unpaired) electrons. The molecule has 0 bridgehead atoms. The van der Waals surface area contributed by atoms with Crippen molar-refractivity contribution in [1.82, 2.24) is 32.8 Å². The Morgan fingerprint density at radius 3 is 1.40 bits per heavy atom. The number of pyridine rings is 1. The van der Waals surface area contributed by atoms with E-state index in [0.717, 1.165) is 174 Å². The zero-order valence-corrected chi connectivity index (χ0v) is 62.5. The first-order valence-electron chi connectivity index (χ1n) is 36.5. The van der Waals surface area contributed by atoms with E-state index in [1.807, 2.05) is 25.1 Å². The zero-order valence-electron chi connectivity index (χ0n) is 60.1. The number of H-pyrrole nitrogens is 1. The number of piperazine rings is 3. The largest absolute Gasteiger partial charge is 0.399 e. The van der Waals surface area contributed by atoms with Gasteiger partial charge in [0.25, 0.3) is 5.56 Å². The van der Waals surface area contributed by atoms with Gasteiger partial charge in [-0.15, -0.1) is 0 Å². The first-order valence-corrected chi connectivity index (χ1v) is 38.8. The maximum Gasteiger partial charge on any atom is 0.254 e. The summed E-state index contributed by atoms with van der Waals surface area (Å²) in [7, 11) is 0. The van der Waals surface area contributed by atoms with Gasteiger partial charge in [0.1, 0.15) is 42.4 Å². The summed E-state index contributed by atoms with van der Waals surface area (Å²) in [6.45, 7) is 25.8. The summed E-state index contributed by atoms with van der Waals surface area (Å²) in [4.78, 5) is 54.2. The predicted molar refractivity (Wildman–Crippen MR) is 419 cm³/mol. The van der Waals surface area contributed by atoms with Crippen LogP contribution in [-0.2, 0) is 75.2 Å². The molecule has 8 aliphatic heterocycles. The quantitative estimate of drug-likeness (QED) is 0.0641. The maximum atomic E-state index is 13.0. The van der Waals surface area contributed by atoms with Crippen molar-refractivity contribution in [3.05, 3.63) is 177 Å². The van der Waals surface area contributed by atoms with Crippen LogP contribution in [0.2, 0.25) is 0 Å². The van der Waals surface area contributed by atoms with E-state index in [0.29, 0.717) is 66.1 Å². The molecule has 0 aliphatic carbocycles. The maximum absolute atomic E-state index is 13.0. The van der Waals surface area contributed by atoms with E-state index in [9.17, 15) is 14.4 Å². The van der Waals surface area contributed by atoms with Crippen LogP contribution in [0.5, 0.6) is 0 Å². The van der Waals surface area contributed by atoms with Gasteiger partial charge in [0.15, 0.2) is 0 Å². The number of nitrogens with one attached hydrogen (secondary N) is 2. The number of ether oxygens (including phenoxy) is 7. The highest BCUT2D eigenvalue weighted by Gasteiger charge is 2.53. The first kappa shape index (κ1) is 74.1. The van der Waals surface area contributed by atoms with Crippen LogP contribution in [0.3, 0.4) is 0 Å². The number of nitrogens with two attached hydrogens (primary N) is 1. The molecule has 6 aromatic carbocycles. The summed E-state index contributed by atoms with van der Waals surface area (Å²) in [5, 5.41) is 8.02. The third-order valence-corrected chi connectivity index (χ3v) is 24.0. The standard InChI is InChI=1S/C27H32N4O4S.C24H24N4O2S.C20H24N4S.C8H12O4.B/c1-19-16-20(6-7-23(19)28-26(32)22-17-33-18-27(22)34-14-15-35-27)8-9-30-10-12-31(13-11-30)25-21-4-2-3-5-24(21)36-29-25;29-24-20-15-30-14-19(20)18-13-16(5-6-21(18)25-24)7-8-27-9-11-28(12-10-27)23-17-3-1-2-4-22(17)31-26-23;1-15-14-16(6-7-18(15)21)8-9-23-10-12-24(13-11-23)20-17-4-2-3-5-19(17)25-22-20;1-6(9)7-4-10-5-8(7)11-2-3-12-8;/h2-7,16,22H,8-15,17-18H2,1H3,(H,28,32);1-6,13H,7-12,14-15H2,(H,25,29);2-7,14H,8-13,21H2,1H3;7H,2-5H2,1H3;. The average Bonchev–Trinajstić information content (AvgIpc) is 1.74. The minimum absolute atomic E-state index is 0. The first-order chi connectivity index (χ1) is 50.8. The Labute approximate surface area is 626 Å². The second-order valence-corrected chi connectivity index (χ2v) is 30.5. The molecule has 4 N–H and O–H groups in total. The number of aromatic amines is 1. The molecule has 7 saturated heterocycles. The topological polar surface area (TPSA) is 228 Å². The van der Waals surface area contributed by atoms with E-state index in [1.54, 1.807) is 41.5 Å². The van der Waals surface area contributed by atoms with Crippen molar-refractivity contribution in [2.75, 3.05) is 177 Å². The van der Waals surface area contributed by atoms with Crippen LogP contribution in [0.15, 0.2) is 132 Å². The molecule has 18 rings (SSSR count). The summed E-state index contributed by atoms with van der Waals surface area (Å²) in [6.07, 6.45) is 3.07. The average molecular weight is 1480 g/mol. The number of aryl methyl sites for hydroxylation is 2. The molecule has 22 nitrogen and oxygen atoms in total. The number of Topliss-reactive ketones (excluding diaryl/α,β-unsaturated/α-hetero) is 1. The number of carbonyl (C=O) groups is 2. The number of rotatable bonds is 15. The Balaban J connectivity index is 0.000000124. The van der Waals surface area contributed by atoms with Crippen molar-refractivity contribution in [2.45, 2.75) is 64.8 Å². The molecule has 8 aliphatic rings. The molecule has 105 heavy (non-hydrogen) atoms. The number of nitrogen functional groups attached to an aromatic ring is 1. The highest BCUT2D eigenvalue weighted by molar-refractivity contribution is 7.14. The molecule has 4 aromatic heterocycles. The van der Waals surface area contributed by atoms with Crippen LogP contribution in [-0.4, -0.2) is 216 Å². The van der Waals surface area contributed by atoms with E-state index in [-0.39, 0.29) is 31.6 Å². The van der Waals surface area contributed by atoms with Crippen molar-refractivity contribution in [3.8, 4) is 0 Å². The predicted octanol–water partition coefficient (Wildman–Crippen LogP) is 9.97. The highest BCUT2D eigenvalue weighted by Crippen LogP contribution is 2.38. The van der Waals surface area contributed by atoms with Crippen molar-refractivity contribution >= 4 is 125 Å². The Morgan fingerprint density at radius 1 is 0.514 bits per heavy atom. The lowest BCUT2D eigenvalue weighted by atomic mass is 9.98. The molecule has 12 heterocycles. The number of ketones is 1. The van der Waals surface area contributed by atoms with Gasteiger partial charge in [0.05, 0.1) is 72.9 Å². The monoisotopic (exact) mass is 1480 g/mol. The van der Waals surface area contributed by atoms with Crippen LogP contribution in [0, 0.1) is 25.7 Å². The van der Waals surface area contributed by atoms with Gasteiger partial charge in [-0.25, -0.2) is 0 Å². The van der Waals surface area contributed by atoms with Crippen LogP contribution >= 0.6 is 34.6 Å². The second kappa shape index (κ2) is 33.6. The summed E-state index contributed by atoms with van der Waals surface area (Å²) in [6, 6.07) is 44.6. The summed E-state index contributed by atoms with van der Waals surface area (Å²) < 4.78 is 56.4. The van der Waals surface area contributed by atoms with Gasteiger partial charge in [0, 0.05) is 151 Å². The molecule has 2 unspecified atom stereocenters. The molecule has 2 spiro atoms. The van der Waals surface area contributed by atoms with Crippen LogP contribution in [0.25, 0.3) is 41.2 Å². The molecule has 549 valence electrons. The van der Waals surface area contributed by atoms with Gasteiger partial charge in [0.2, 0.25) is 17.5 Å². The lowest BCUT2D eigenvalue weighted by Crippen LogP contribution is -2.47. The smallest absolute Gasteiger partial charge is 0.254 e. The fraction of sp³-hybridized carbons (Fsp3) is 0.443. The number of aromatic nitrogens is 4. The number of hydrogen-bond acceptors (Lipinski definition) is 23. The third-order valence-electron chi connectivity index (χ3n) is 21.5. The van der Waals surface area contributed by atoms with Gasteiger partial charge in [-0.05, 0) is 169 Å². The lowest BCUT2D eigenvalue weighted by molar-refractivity contribution is -0.182. The van der Waals surface area contributed by atoms with Gasteiger partial charge >= 0.3 is 0 Å². The molecule has 10 aromatic rings. The zero-order chi connectivity index (χ0) is 71.2. The van der Waals surface area contributed by atoms with Crippen molar-refractivity contribution in [1.29, 1.82) is 0 Å². The van der Waals surface area contributed by atoms with Gasteiger partial charge in [-0.2, -0.15) is 13.1 Å². The Bertz CT molecular complexity index is 4700. The molecular weight excluding hydrogens is 1380 g/mol. The number of benzene rings is 6. The Kier molecular flexibility index (Phi) is 23.7. The summed E-state index contributed by atoms with van der Waals surface area (Å²) in [5.41, 5.74) is 16.6. The van der Waals surface area contributed by atoms with Gasteiger partial charge in [-0.1, -0.05) is 66.7 Å². The number of fused-ring (bicyclic) bond motifs is 6. The van der Waals surface area contributed by atoms with Crippen molar-refractivity contribution in [2.24, 2.45) is 11.8 Å². The number of amides is 1. The number of carbonyl (C=O) groups excluding carboxylic acids is 2. The highest BCUT2D eigenvalue weighted by atomic mass is 32.1. The van der Waals surface area contributed by atoms with Crippen LogP contribution in [0.1, 0.15) is 45.9 Å². The van der Waals surface area contributed by atoms with Crippen molar-refractivity contribution in [3.63, 3.8) is 0 Å². The fourth-order valence-corrected chi connectivity index (χ4v) is 17.7. The summed E-state index contributed by atoms with van der Waals surface area (Å²) in [5.74, 6) is 1.03. The minimum atomic E-state index is -0.922. The Morgan fingerprint density at radius 2 is 0.933 bits per heavy atom. The fourth-order valence-electron chi connectivity index (χ4n) is 15.3. The Hall–Kier alpha value is -7.80. The van der Waals surface area contributed by atoms with Gasteiger partial charge < -0.3 is 63.9 Å². The molecule has 7 fully saturated rings. The molecule has 1 amide bonds. The van der Waals surface area contributed by atoms with E-state index >= 15 is 0 Å². The van der Waals surface area contributed by atoms with Gasteiger partial charge in [-0.3, -0.25) is 29.1 Å².